The van der Waals surface area contributed by atoms with Crippen molar-refractivity contribution in [3.8, 4) is 5.75 Å². The lowest BCUT2D eigenvalue weighted by Crippen LogP contribution is -2.41. The monoisotopic (exact) mass is 369 g/mol. The molecule has 26 heavy (non-hydrogen) atoms. The highest BCUT2D eigenvalue weighted by molar-refractivity contribution is 5.82. The number of alkyl halides is 3. The van der Waals surface area contributed by atoms with E-state index in [9.17, 15) is 22.8 Å². The van der Waals surface area contributed by atoms with Gasteiger partial charge in [-0.15, -0.1) is 0 Å². The van der Waals surface area contributed by atoms with E-state index < -0.39 is 17.4 Å². The van der Waals surface area contributed by atoms with Crippen LogP contribution in [0.2, 0.25) is 0 Å². The maximum Gasteiger partial charge on any atom is 0.417 e. The molecule has 1 atom stereocenters. The molecule has 2 heterocycles. The number of amides is 1. The van der Waals surface area contributed by atoms with Gasteiger partial charge >= 0.3 is 11.8 Å². The number of hydrogen-bond donors (Lipinski definition) is 0. The minimum absolute atomic E-state index is 0.165. The van der Waals surface area contributed by atoms with Gasteiger partial charge in [0.1, 0.15) is 11.3 Å². The molecule has 5 nitrogen and oxygen atoms in total. The third-order valence-electron chi connectivity index (χ3n) is 4.39. The SMILES string of the molecule is CC1CCCN(C(=O)COc2ccc3c(C(F)(F)F)cc(=O)oc3c2)C1. The van der Waals surface area contributed by atoms with Gasteiger partial charge in [0.2, 0.25) is 0 Å². The molecular formula is C18H18F3NO4. The number of likely N-dealkylation sites (tertiary alicyclic amines) is 1. The van der Waals surface area contributed by atoms with Crippen molar-refractivity contribution in [1.82, 2.24) is 4.90 Å². The molecule has 0 radical (unpaired) electrons. The Hall–Kier alpha value is -2.51. The third-order valence-corrected chi connectivity index (χ3v) is 4.39. The number of rotatable bonds is 3. The second kappa shape index (κ2) is 7.01. The van der Waals surface area contributed by atoms with E-state index in [0.717, 1.165) is 12.8 Å². The average Bonchev–Trinajstić information content (AvgIpc) is 2.57. The summed E-state index contributed by atoms with van der Waals surface area (Å²) in [6, 6.07) is 4.11. The van der Waals surface area contributed by atoms with Gasteiger partial charge in [0.25, 0.3) is 5.91 Å². The van der Waals surface area contributed by atoms with Gasteiger partial charge in [-0.1, -0.05) is 6.92 Å². The zero-order chi connectivity index (χ0) is 18.9. The van der Waals surface area contributed by atoms with Crippen LogP contribution in [-0.2, 0) is 11.0 Å². The van der Waals surface area contributed by atoms with E-state index in [1.54, 1.807) is 4.90 Å². The summed E-state index contributed by atoms with van der Waals surface area (Å²) >= 11 is 0. The largest absolute Gasteiger partial charge is 0.484 e. The number of benzene rings is 1. The Balaban J connectivity index is 1.77. The second-order valence-corrected chi connectivity index (χ2v) is 6.51. The molecule has 0 spiro atoms. The number of halogens is 3. The van der Waals surface area contributed by atoms with E-state index in [2.05, 4.69) is 6.92 Å². The summed E-state index contributed by atoms with van der Waals surface area (Å²) in [5, 5.41) is -0.236. The van der Waals surface area contributed by atoms with Gasteiger partial charge in [-0.2, -0.15) is 13.2 Å². The van der Waals surface area contributed by atoms with Crippen LogP contribution in [0.5, 0.6) is 5.75 Å². The van der Waals surface area contributed by atoms with Crippen LogP contribution in [-0.4, -0.2) is 30.5 Å². The predicted octanol–water partition coefficient (Wildman–Crippen LogP) is 3.45. The van der Waals surface area contributed by atoms with Crippen molar-refractivity contribution in [2.24, 2.45) is 5.92 Å². The molecule has 0 N–H and O–H groups in total. The van der Waals surface area contributed by atoms with E-state index in [1.807, 2.05) is 0 Å². The summed E-state index contributed by atoms with van der Waals surface area (Å²) in [5.41, 5.74) is -2.39. The maximum atomic E-state index is 13.0. The van der Waals surface area contributed by atoms with Crippen LogP contribution >= 0.6 is 0 Å². The minimum atomic E-state index is -4.67. The highest BCUT2D eigenvalue weighted by Gasteiger charge is 2.34. The lowest BCUT2D eigenvalue weighted by atomic mass is 10.0. The van der Waals surface area contributed by atoms with E-state index in [1.165, 1.54) is 18.2 Å². The van der Waals surface area contributed by atoms with Crippen molar-refractivity contribution in [3.63, 3.8) is 0 Å². The Kier molecular flexibility index (Phi) is 4.93. The molecule has 1 aliphatic heterocycles. The van der Waals surface area contributed by atoms with Crippen LogP contribution in [0.15, 0.2) is 33.5 Å². The second-order valence-electron chi connectivity index (χ2n) is 6.51. The Morgan fingerprint density at radius 3 is 2.81 bits per heavy atom. The van der Waals surface area contributed by atoms with Crippen LogP contribution in [0.3, 0.4) is 0 Å². The average molecular weight is 369 g/mol. The van der Waals surface area contributed by atoms with E-state index in [-0.39, 0.29) is 29.2 Å². The Morgan fingerprint density at radius 1 is 1.35 bits per heavy atom. The standard InChI is InChI=1S/C18H18F3NO4/c1-11-3-2-6-22(9-11)16(23)10-25-12-4-5-13-14(18(19,20)21)8-17(24)26-15(13)7-12/h4-5,7-8,11H,2-3,6,9-10H2,1H3. The molecule has 140 valence electrons. The zero-order valence-electron chi connectivity index (χ0n) is 14.1. The molecule has 1 aromatic carbocycles. The first kappa shape index (κ1) is 18.3. The number of nitrogens with zero attached hydrogens (tertiary/aromatic N) is 1. The molecule has 0 saturated carbocycles. The minimum Gasteiger partial charge on any atom is -0.484 e. The van der Waals surface area contributed by atoms with Crippen LogP contribution in [0.1, 0.15) is 25.3 Å². The highest BCUT2D eigenvalue weighted by atomic mass is 19.4. The topological polar surface area (TPSA) is 59.8 Å². The van der Waals surface area contributed by atoms with Crippen LogP contribution in [0.4, 0.5) is 13.2 Å². The van der Waals surface area contributed by atoms with E-state index >= 15 is 0 Å². The fraction of sp³-hybridized carbons (Fsp3) is 0.444. The first-order valence-electron chi connectivity index (χ1n) is 8.30. The van der Waals surface area contributed by atoms with Crippen molar-refractivity contribution in [1.29, 1.82) is 0 Å². The van der Waals surface area contributed by atoms with E-state index in [4.69, 9.17) is 9.15 Å². The number of ether oxygens (including phenoxy) is 1. The van der Waals surface area contributed by atoms with Crippen molar-refractivity contribution >= 4 is 16.9 Å². The smallest absolute Gasteiger partial charge is 0.417 e. The summed E-state index contributed by atoms with van der Waals surface area (Å²) in [4.78, 5) is 25.3. The van der Waals surface area contributed by atoms with Crippen molar-refractivity contribution in [2.75, 3.05) is 19.7 Å². The van der Waals surface area contributed by atoms with Gasteiger partial charge in [0.15, 0.2) is 6.61 Å². The highest BCUT2D eigenvalue weighted by Crippen LogP contribution is 2.34. The first-order valence-corrected chi connectivity index (χ1v) is 8.30. The number of fused-ring (bicyclic) bond motifs is 1. The summed E-state index contributed by atoms with van der Waals surface area (Å²) in [7, 11) is 0. The lowest BCUT2D eigenvalue weighted by molar-refractivity contribution is -0.136. The molecule has 1 unspecified atom stereocenters. The lowest BCUT2D eigenvalue weighted by Gasteiger charge is -2.30. The van der Waals surface area contributed by atoms with Gasteiger partial charge in [-0.3, -0.25) is 4.79 Å². The van der Waals surface area contributed by atoms with Crippen molar-refractivity contribution < 1.29 is 27.1 Å². The Bertz CT molecular complexity index is 875. The molecule has 0 bridgehead atoms. The molecule has 3 rings (SSSR count). The fourth-order valence-electron chi connectivity index (χ4n) is 3.12. The van der Waals surface area contributed by atoms with Crippen LogP contribution < -0.4 is 10.4 Å². The Morgan fingerprint density at radius 2 is 2.12 bits per heavy atom. The third kappa shape index (κ3) is 4.00. The molecule has 8 heteroatoms. The molecule has 1 saturated heterocycles. The van der Waals surface area contributed by atoms with Gasteiger partial charge in [0.05, 0.1) is 5.56 Å². The Labute approximate surface area is 147 Å². The number of piperidine rings is 1. The number of carbonyl (C=O) groups excluding carboxylic acids is 1. The van der Waals surface area contributed by atoms with Gasteiger partial charge in [0, 0.05) is 30.6 Å². The van der Waals surface area contributed by atoms with E-state index in [0.29, 0.717) is 25.1 Å². The zero-order valence-corrected chi connectivity index (χ0v) is 14.1. The summed E-state index contributed by atoms with van der Waals surface area (Å²) in [5.74, 6) is 0.420. The first-order chi connectivity index (χ1) is 12.2. The normalized spacial score (nSPS) is 18.2. The van der Waals surface area contributed by atoms with Gasteiger partial charge < -0.3 is 14.1 Å². The molecule has 1 aromatic heterocycles. The quantitative estimate of drug-likeness (QED) is 0.778. The van der Waals surface area contributed by atoms with Gasteiger partial charge in [-0.05, 0) is 30.9 Å². The molecular weight excluding hydrogens is 351 g/mol. The van der Waals surface area contributed by atoms with Crippen molar-refractivity contribution in [3.05, 3.63) is 40.2 Å². The summed E-state index contributed by atoms with van der Waals surface area (Å²) in [6.45, 7) is 3.20. The summed E-state index contributed by atoms with van der Waals surface area (Å²) < 4.78 is 49.3. The van der Waals surface area contributed by atoms with Crippen LogP contribution in [0, 0.1) is 5.92 Å². The molecule has 1 amide bonds. The molecule has 2 aromatic rings. The number of hydrogen-bond acceptors (Lipinski definition) is 4. The molecule has 1 fully saturated rings. The number of carbonyl (C=O) groups is 1. The molecule has 0 aliphatic carbocycles. The predicted molar refractivity (Wildman–Crippen MR) is 88.0 cm³/mol. The van der Waals surface area contributed by atoms with Crippen LogP contribution in [0.25, 0.3) is 11.0 Å². The van der Waals surface area contributed by atoms with Gasteiger partial charge in [-0.25, -0.2) is 4.79 Å². The maximum absolute atomic E-state index is 13.0. The van der Waals surface area contributed by atoms with Crippen molar-refractivity contribution in [2.45, 2.75) is 25.9 Å². The molecule has 1 aliphatic rings. The fourth-order valence-corrected chi connectivity index (χ4v) is 3.12. The summed E-state index contributed by atoms with van der Waals surface area (Å²) in [6.07, 6.45) is -2.65.